The second-order valence-electron chi connectivity index (χ2n) is 2.58. The Labute approximate surface area is 86.7 Å². The van der Waals surface area contributed by atoms with Gasteiger partial charge >= 0.3 is 5.97 Å². The summed E-state index contributed by atoms with van der Waals surface area (Å²) in [6.45, 7) is 3.19. The molecule has 80 valence electrons. The molecule has 0 aliphatic heterocycles. The molecule has 1 aromatic rings. The van der Waals surface area contributed by atoms with Crippen molar-refractivity contribution < 1.29 is 22.5 Å². The minimum Gasteiger partial charge on any atom is -0.423 e. The van der Waals surface area contributed by atoms with Crippen LogP contribution in [0.3, 0.4) is 0 Å². The number of rotatable bonds is 3. The maximum Gasteiger partial charge on any atom is 0.335 e. The molecule has 0 heterocycles. The Balaban J connectivity index is 3.03. The van der Waals surface area contributed by atoms with Crippen LogP contribution in [0, 0.1) is 0 Å². The molecule has 15 heavy (non-hydrogen) atoms. The van der Waals surface area contributed by atoms with Crippen molar-refractivity contribution in [2.24, 2.45) is 0 Å². The highest BCUT2D eigenvalue weighted by molar-refractivity contribution is 7.85. The van der Waals surface area contributed by atoms with E-state index in [2.05, 4.69) is 11.3 Å². The summed E-state index contributed by atoms with van der Waals surface area (Å²) in [6, 6.07) is 4.95. The van der Waals surface area contributed by atoms with Crippen LogP contribution in [0.4, 0.5) is 0 Å². The average Bonchev–Trinajstić information content (AvgIpc) is 2.17. The fraction of sp³-hybridized carbons (Fsp3) is 0. The zero-order valence-corrected chi connectivity index (χ0v) is 8.40. The first kappa shape index (κ1) is 11.4. The van der Waals surface area contributed by atoms with Gasteiger partial charge in [-0.1, -0.05) is 12.6 Å². The molecule has 6 heteroatoms. The number of ether oxygens (including phenoxy) is 1. The number of carbonyl (C=O) groups excluding carboxylic acids is 1. The highest BCUT2D eigenvalue weighted by Gasteiger charge is 2.10. The molecule has 0 saturated carbocycles. The molecule has 0 amide bonds. The van der Waals surface area contributed by atoms with Crippen molar-refractivity contribution in [2.75, 3.05) is 0 Å². The van der Waals surface area contributed by atoms with Crippen molar-refractivity contribution in [2.45, 2.75) is 4.90 Å². The Kier molecular flexibility index (Phi) is 3.23. The molecule has 0 unspecified atom stereocenters. The first-order valence-corrected chi connectivity index (χ1v) is 5.29. The molecule has 0 aromatic heterocycles. The molecule has 0 atom stereocenters. The average molecular weight is 228 g/mol. The number of benzene rings is 1. The van der Waals surface area contributed by atoms with Gasteiger partial charge in [0.05, 0.1) is 4.90 Å². The SMILES string of the molecule is C=CC(=O)Oc1cccc(S(=O)(=O)O)c1. The van der Waals surface area contributed by atoms with Crippen LogP contribution in [0.1, 0.15) is 0 Å². The van der Waals surface area contributed by atoms with Gasteiger partial charge in [0.2, 0.25) is 0 Å². The van der Waals surface area contributed by atoms with Crippen molar-refractivity contribution in [1.29, 1.82) is 0 Å². The van der Waals surface area contributed by atoms with Crippen LogP contribution in [-0.4, -0.2) is 18.9 Å². The predicted molar refractivity (Wildman–Crippen MR) is 52.1 cm³/mol. The lowest BCUT2D eigenvalue weighted by molar-refractivity contribution is -0.128. The van der Waals surface area contributed by atoms with E-state index in [-0.39, 0.29) is 10.6 Å². The van der Waals surface area contributed by atoms with Crippen LogP contribution in [-0.2, 0) is 14.9 Å². The highest BCUT2D eigenvalue weighted by Crippen LogP contribution is 2.17. The number of carbonyl (C=O) groups is 1. The van der Waals surface area contributed by atoms with Crippen LogP contribution in [0.15, 0.2) is 41.8 Å². The van der Waals surface area contributed by atoms with Crippen LogP contribution in [0.5, 0.6) is 5.75 Å². The number of hydrogen-bond donors (Lipinski definition) is 1. The molecule has 0 spiro atoms. The largest absolute Gasteiger partial charge is 0.423 e. The van der Waals surface area contributed by atoms with E-state index in [1.54, 1.807) is 0 Å². The molecule has 0 fully saturated rings. The molecule has 0 aliphatic carbocycles. The van der Waals surface area contributed by atoms with Gasteiger partial charge in [-0.25, -0.2) is 4.79 Å². The normalized spacial score (nSPS) is 10.7. The number of esters is 1. The van der Waals surface area contributed by atoms with E-state index in [4.69, 9.17) is 4.55 Å². The molecule has 0 saturated heterocycles. The fourth-order valence-corrected chi connectivity index (χ4v) is 1.37. The van der Waals surface area contributed by atoms with Gasteiger partial charge in [-0.2, -0.15) is 8.42 Å². The molecule has 1 rings (SSSR count). The minimum atomic E-state index is -4.28. The van der Waals surface area contributed by atoms with Crippen LogP contribution < -0.4 is 4.74 Å². The number of hydrogen-bond acceptors (Lipinski definition) is 4. The first-order valence-electron chi connectivity index (χ1n) is 3.85. The van der Waals surface area contributed by atoms with E-state index in [1.165, 1.54) is 18.2 Å². The topological polar surface area (TPSA) is 80.7 Å². The molecule has 5 nitrogen and oxygen atoms in total. The van der Waals surface area contributed by atoms with Crippen molar-refractivity contribution in [3.05, 3.63) is 36.9 Å². The summed E-state index contributed by atoms with van der Waals surface area (Å²) in [7, 11) is -4.28. The van der Waals surface area contributed by atoms with E-state index in [0.717, 1.165) is 12.1 Å². The third-order valence-corrected chi connectivity index (χ3v) is 2.34. The fourth-order valence-electron chi connectivity index (χ4n) is 0.856. The van der Waals surface area contributed by atoms with Crippen LogP contribution in [0.25, 0.3) is 0 Å². The lowest BCUT2D eigenvalue weighted by Gasteiger charge is -2.02. The molecule has 0 bridgehead atoms. The van der Waals surface area contributed by atoms with Crippen molar-refractivity contribution in [1.82, 2.24) is 0 Å². The Morgan fingerprint density at radius 1 is 1.47 bits per heavy atom. The van der Waals surface area contributed by atoms with Crippen molar-refractivity contribution in [3.63, 3.8) is 0 Å². The van der Waals surface area contributed by atoms with Crippen molar-refractivity contribution >= 4 is 16.1 Å². The first-order chi connectivity index (χ1) is 6.93. The summed E-state index contributed by atoms with van der Waals surface area (Å²) >= 11 is 0. The predicted octanol–water partition coefficient (Wildman–Crippen LogP) is 1.02. The standard InChI is InChI=1S/C9H8O5S/c1-2-9(10)14-7-4-3-5-8(6-7)15(11,12)13/h2-6H,1H2,(H,11,12,13). The third kappa shape index (κ3) is 3.19. The lowest BCUT2D eigenvalue weighted by atomic mass is 10.3. The molecule has 0 radical (unpaired) electrons. The molecular weight excluding hydrogens is 220 g/mol. The second-order valence-corrected chi connectivity index (χ2v) is 4.00. The molecule has 1 aromatic carbocycles. The van der Waals surface area contributed by atoms with Gasteiger partial charge in [-0.15, -0.1) is 0 Å². The van der Waals surface area contributed by atoms with Gasteiger partial charge in [0.25, 0.3) is 10.1 Å². The molecular formula is C9H8O5S. The Hall–Kier alpha value is -1.66. The molecule has 0 aliphatic rings. The quantitative estimate of drug-likeness (QED) is 0.361. The van der Waals surface area contributed by atoms with Gasteiger partial charge < -0.3 is 4.74 Å². The summed E-state index contributed by atoms with van der Waals surface area (Å²) in [5.41, 5.74) is 0. The van der Waals surface area contributed by atoms with Gasteiger partial charge in [0.15, 0.2) is 0 Å². The Morgan fingerprint density at radius 3 is 2.67 bits per heavy atom. The maximum absolute atomic E-state index is 10.8. The Bertz CT molecular complexity index is 489. The van der Waals surface area contributed by atoms with Crippen LogP contribution in [0.2, 0.25) is 0 Å². The smallest absolute Gasteiger partial charge is 0.335 e. The van der Waals surface area contributed by atoms with E-state index in [0.29, 0.717) is 0 Å². The summed E-state index contributed by atoms with van der Waals surface area (Å²) in [5.74, 6) is -0.683. The summed E-state index contributed by atoms with van der Waals surface area (Å²) in [5, 5.41) is 0. The summed E-state index contributed by atoms with van der Waals surface area (Å²) < 4.78 is 34.9. The zero-order valence-electron chi connectivity index (χ0n) is 7.58. The van der Waals surface area contributed by atoms with Crippen molar-refractivity contribution in [3.8, 4) is 5.75 Å². The summed E-state index contributed by atoms with van der Waals surface area (Å²) in [4.78, 5) is 10.5. The monoisotopic (exact) mass is 228 g/mol. The Morgan fingerprint density at radius 2 is 2.13 bits per heavy atom. The van der Waals surface area contributed by atoms with Gasteiger partial charge in [-0.05, 0) is 12.1 Å². The van der Waals surface area contributed by atoms with Crippen LogP contribution >= 0.6 is 0 Å². The third-order valence-electron chi connectivity index (χ3n) is 1.49. The minimum absolute atomic E-state index is 0.0232. The van der Waals surface area contributed by atoms with Gasteiger partial charge in [0.1, 0.15) is 5.75 Å². The molecule has 1 N–H and O–H groups in total. The second kappa shape index (κ2) is 4.24. The van der Waals surface area contributed by atoms with E-state index in [9.17, 15) is 13.2 Å². The van der Waals surface area contributed by atoms with E-state index >= 15 is 0 Å². The van der Waals surface area contributed by atoms with E-state index < -0.39 is 16.1 Å². The lowest BCUT2D eigenvalue weighted by Crippen LogP contribution is -2.04. The van der Waals surface area contributed by atoms with Gasteiger partial charge in [-0.3, -0.25) is 4.55 Å². The summed E-state index contributed by atoms with van der Waals surface area (Å²) in [6.07, 6.45) is 0.945. The highest BCUT2D eigenvalue weighted by atomic mass is 32.2. The maximum atomic E-state index is 10.8. The zero-order chi connectivity index (χ0) is 11.5. The van der Waals surface area contributed by atoms with Gasteiger partial charge in [0, 0.05) is 12.1 Å². The van der Waals surface area contributed by atoms with E-state index in [1.807, 2.05) is 0 Å².